The Labute approximate surface area is 109 Å². The summed E-state index contributed by atoms with van der Waals surface area (Å²) in [7, 11) is 1.51. The van der Waals surface area contributed by atoms with Crippen molar-refractivity contribution in [2.24, 2.45) is 0 Å². The van der Waals surface area contributed by atoms with E-state index < -0.39 is 0 Å². The Balaban J connectivity index is 2.23. The Morgan fingerprint density at radius 1 is 1.39 bits per heavy atom. The summed E-state index contributed by atoms with van der Waals surface area (Å²) in [5.74, 6) is 0.137. The number of methoxy groups -OCH3 is 1. The van der Waals surface area contributed by atoms with Crippen molar-refractivity contribution in [3.05, 3.63) is 24.0 Å². The molecule has 0 radical (unpaired) electrons. The molecule has 0 fully saturated rings. The Morgan fingerprint density at radius 3 is 2.89 bits per heavy atom. The lowest BCUT2D eigenvalue weighted by atomic mass is 10.2. The van der Waals surface area contributed by atoms with Crippen LogP contribution in [0.15, 0.2) is 18.2 Å². The number of benzene rings is 1. The standard InChI is InChI=1S/C12H14FN3OS/c1-3-6-14-12-16-15-11(18-12)9-5-4-8(17-2)7-10(9)13/h4-5,7H,3,6H2,1-2H3,(H,14,16). The molecule has 1 aromatic carbocycles. The van der Waals surface area contributed by atoms with Gasteiger partial charge in [0.2, 0.25) is 5.13 Å². The van der Waals surface area contributed by atoms with Gasteiger partial charge in [0.15, 0.2) is 5.01 Å². The number of ether oxygens (including phenoxy) is 1. The van der Waals surface area contributed by atoms with Crippen LogP contribution < -0.4 is 10.1 Å². The minimum Gasteiger partial charge on any atom is -0.497 e. The molecular formula is C12H14FN3OS. The zero-order chi connectivity index (χ0) is 13.0. The van der Waals surface area contributed by atoms with E-state index in [4.69, 9.17) is 4.74 Å². The molecule has 6 heteroatoms. The van der Waals surface area contributed by atoms with Gasteiger partial charge in [0.05, 0.1) is 7.11 Å². The quantitative estimate of drug-likeness (QED) is 0.904. The van der Waals surface area contributed by atoms with E-state index in [0.717, 1.165) is 13.0 Å². The van der Waals surface area contributed by atoms with Gasteiger partial charge in [-0.15, -0.1) is 10.2 Å². The first-order valence-corrected chi connectivity index (χ1v) is 6.47. The SMILES string of the molecule is CCCNc1nnc(-c2ccc(OC)cc2F)s1. The van der Waals surface area contributed by atoms with Gasteiger partial charge in [0.1, 0.15) is 11.6 Å². The van der Waals surface area contributed by atoms with Gasteiger partial charge in [-0.25, -0.2) is 4.39 Å². The first-order valence-electron chi connectivity index (χ1n) is 5.66. The number of aromatic nitrogens is 2. The van der Waals surface area contributed by atoms with Crippen LogP contribution in [0.3, 0.4) is 0 Å². The minimum atomic E-state index is -0.354. The van der Waals surface area contributed by atoms with E-state index in [2.05, 4.69) is 22.4 Å². The summed E-state index contributed by atoms with van der Waals surface area (Å²) in [5, 5.41) is 12.4. The summed E-state index contributed by atoms with van der Waals surface area (Å²) < 4.78 is 18.8. The average molecular weight is 267 g/mol. The summed E-state index contributed by atoms with van der Waals surface area (Å²) in [6.07, 6.45) is 1.01. The Hall–Kier alpha value is -1.69. The van der Waals surface area contributed by atoms with Gasteiger partial charge in [-0.05, 0) is 18.6 Å². The Kier molecular flexibility index (Phi) is 4.09. The van der Waals surface area contributed by atoms with Crippen molar-refractivity contribution < 1.29 is 9.13 Å². The van der Waals surface area contributed by atoms with Crippen LogP contribution in [-0.2, 0) is 0 Å². The van der Waals surface area contributed by atoms with Crippen molar-refractivity contribution in [3.8, 4) is 16.3 Å². The second kappa shape index (κ2) is 5.77. The lowest BCUT2D eigenvalue weighted by Crippen LogP contribution is -1.98. The highest BCUT2D eigenvalue weighted by atomic mass is 32.1. The molecule has 0 saturated carbocycles. The number of nitrogens with zero attached hydrogens (tertiary/aromatic N) is 2. The molecule has 2 rings (SSSR count). The van der Waals surface area contributed by atoms with Crippen LogP contribution in [0.2, 0.25) is 0 Å². The van der Waals surface area contributed by atoms with Crippen LogP contribution in [0.25, 0.3) is 10.6 Å². The molecule has 0 aliphatic rings. The number of nitrogens with one attached hydrogen (secondary N) is 1. The van der Waals surface area contributed by atoms with E-state index in [0.29, 0.717) is 21.5 Å². The maximum absolute atomic E-state index is 13.8. The van der Waals surface area contributed by atoms with Crippen molar-refractivity contribution in [1.82, 2.24) is 10.2 Å². The Bertz CT molecular complexity index is 530. The zero-order valence-electron chi connectivity index (χ0n) is 10.2. The van der Waals surface area contributed by atoms with E-state index in [1.807, 2.05) is 0 Å². The summed E-state index contributed by atoms with van der Waals surface area (Å²) in [4.78, 5) is 0. The van der Waals surface area contributed by atoms with Crippen molar-refractivity contribution in [1.29, 1.82) is 0 Å². The average Bonchev–Trinajstić information content (AvgIpc) is 2.84. The predicted molar refractivity (Wildman–Crippen MR) is 70.6 cm³/mol. The van der Waals surface area contributed by atoms with Crippen LogP contribution in [-0.4, -0.2) is 23.9 Å². The van der Waals surface area contributed by atoms with Gasteiger partial charge < -0.3 is 10.1 Å². The largest absolute Gasteiger partial charge is 0.497 e. The maximum atomic E-state index is 13.8. The summed E-state index contributed by atoms with van der Waals surface area (Å²) in [6.45, 7) is 2.90. The number of hydrogen-bond acceptors (Lipinski definition) is 5. The molecule has 1 aromatic heterocycles. The highest BCUT2D eigenvalue weighted by Gasteiger charge is 2.11. The number of halogens is 1. The smallest absolute Gasteiger partial charge is 0.206 e. The zero-order valence-corrected chi connectivity index (χ0v) is 11.1. The molecule has 0 unspecified atom stereocenters. The fourth-order valence-electron chi connectivity index (χ4n) is 1.43. The van der Waals surface area contributed by atoms with Gasteiger partial charge in [-0.1, -0.05) is 18.3 Å². The van der Waals surface area contributed by atoms with Gasteiger partial charge >= 0.3 is 0 Å². The number of hydrogen-bond donors (Lipinski definition) is 1. The topological polar surface area (TPSA) is 47.0 Å². The normalized spacial score (nSPS) is 10.4. The van der Waals surface area contributed by atoms with Crippen LogP contribution in [0.4, 0.5) is 9.52 Å². The molecule has 2 aromatic rings. The number of rotatable bonds is 5. The monoisotopic (exact) mass is 267 g/mol. The molecule has 18 heavy (non-hydrogen) atoms. The lowest BCUT2D eigenvalue weighted by molar-refractivity contribution is 0.411. The molecule has 0 spiro atoms. The van der Waals surface area contributed by atoms with Gasteiger partial charge in [-0.2, -0.15) is 0 Å². The lowest BCUT2D eigenvalue weighted by Gasteiger charge is -2.02. The molecule has 0 amide bonds. The van der Waals surface area contributed by atoms with E-state index in [-0.39, 0.29) is 5.82 Å². The first-order chi connectivity index (χ1) is 8.74. The van der Waals surface area contributed by atoms with Gasteiger partial charge in [-0.3, -0.25) is 0 Å². The fourth-order valence-corrected chi connectivity index (χ4v) is 2.23. The first kappa shape index (κ1) is 12.8. The van der Waals surface area contributed by atoms with E-state index in [1.54, 1.807) is 12.1 Å². The van der Waals surface area contributed by atoms with E-state index in [9.17, 15) is 4.39 Å². The Morgan fingerprint density at radius 2 is 2.22 bits per heavy atom. The third-order valence-electron chi connectivity index (χ3n) is 2.36. The molecule has 0 aliphatic carbocycles. The number of anilines is 1. The highest BCUT2D eigenvalue weighted by Crippen LogP contribution is 2.30. The minimum absolute atomic E-state index is 0.354. The molecule has 0 saturated heterocycles. The molecule has 0 bridgehead atoms. The van der Waals surface area contributed by atoms with Crippen molar-refractivity contribution in [2.45, 2.75) is 13.3 Å². The molecular weight excluding hydrogens is 253 g/mol. The van der Waals surface area contributed by atoms with Crippen molar-refractivity contribution in [2.75, 3.05) is 19.0 Å². The molecule has 0 aliphatic heterocycles. The molecule has 0 atom stereocenters. The van der Waals surface area contributed by atoms with Crippen molar-refractivity contribution in [3.63, 3.8) is 0 Å². The fraction of sp³-hybridized carbons (Fsp3) is 0.333. The van der Waals surface area contributed by atoms with Gasteiger partial charge in [0, 0.05) is 18.2 Å². The molecule has 1 heterocycles. The van der Waals surface area contributed by atoms with Crippen LogP contribution in [0.1, 0.15) is 13.3 Å². The molecule has 1 N–H and O–H groups in total. The summed E-state index contributed by atoms with van der Waals surface area (Å²) in [5.41, 5.74) is 0.442. The second-order valence-electron chi connectivity index (χ2n) is 3.68. The predicted octanol–water partition coefficient (Wildman–Crippen LogP) is 3.17. The second-order valence-corrected chi connectivity index (χ2v) is 4.66. The van der Waals surface area contributed by atoms with Crippen molar-refractivity contribution >= 4 is 16.5 Å². The van der Waals surface area contributed by atoms with E-state index >= 15 is 0 Å². The third kappa shape index (κ3) is 2.76. The molecule has 96 valence electrons. The highest BCUT2D eigenvalue weighted by molar-refractivity contribution is 7.18. The van der Waals surface area contributed by atoms with Gasteiger partial charge in [0.25, 0.3) is 0 Å². The van der Waals surface area contributed by atoms with Crippen LogP contribution in [0.5, 0.6) is 5.75 Å². The van der Waals surface area contributed by atoms with E-state index in [1.165, 1.54) is 24.5 Å². The third-order valence-corrected chi connectivity index (χ3v) is 3.27. The van der Waals surface area contributed by atoms with Crippen LogP contribution >= 0.6 is 11.3 Å². The maximum Gasteiger partial charge on any atom is 0.206 e. The summed E-state index contributed by atoms with van der Waals surface area (Å²) >= 11 is 1.34. The van der Waals surface area contributed by atoms with Crippen LogP contribution in [0, 0.1) is 5.82 Å². The summed E-state index contributed by atoms with van der Waals surface area (Å²) in [6, 6.07) is 4.70. The molecule has 4 nitrogen and oxygen atoms in total.